The first-order valence-electron chi connectivity index (χ1n) is 9.00. The molecule has 0 amide bonds. The third kappa shape index (κ3) is 3.04. The number of fused-ring (bicyclic) bond motifs is 2. The summed E-state index contributed by atoms with van der Waals surface area (Å²) in [5.41, 5.74) is 1.34. The number of aromatic nitrogens is 4. The lowest BCUT2D eigenvalue weighted by molar-refractivity contribution is 0.126. The molecule has 27 heavy (non-hydrogen) atoms. The quantitative estimate of drug-likeness (QED) is 0.496. The molecule has 3 N–H and O–H groups in total. The zero-order valence-corrected chi connectivity index (χ0v) is 15.3. The molecule has 5 rings (SSSR count). The highest BCUT2D eigenvalue weighted by Crippen LogP contribution is 2.33. The largest absolute Gasteiger partial charge is 0.393 e. The van der Waals surface area contributed by atoms with Crippen LogP contribution in [-0.4, -0.2) is 37.2 Å². The summed E-state index contributed by atoms with van der Waals surface area (Å²) in [6.07, 6.45) is 6.19. The number of hydrogen-bond donors (Lipinski definition) is 3. The first kappa shape index (κ1) is 16.6. The van der Waals surface area contributed by atoms with Crippen molar-refractivity contribution in [3.05, 3.63) is 35.7 Å². The number of pyridine rings is 1. The molecule has 0 bridgehead atoms. The maximum absolute atomic E-state index is 13.7. The van der Waals surface area contributed by atoms with Crippen molar-refractivity contribution in [2.24, 2.45) is 0 Å². The minimum Gasteiger partial charge on any atom is -0.393 e. The minimum atomic E-state index is -0.389. The third-order valence-electron chi connectivity index (χ3n) is 5.10. The highest BCUT2D eigenvalue weighted by Gasteiger charge is 2.21. The van der Waals surface area contributed by atoms with Gasteiger partial charge in [-0.25, -0.2) is 19.3 Å². The first-order chi connectivity index (χ1) is 13.2. The second-order valence-corrected chi connectivity index (χ2v) is 7.83. The number of nitrogens with zero attached hydrogens (tertiary/aromatic N) is 3. The Bertz CT molecular complexity index is 1120. The SMILES string of the molecule is OC1CCC(Nc2nc(-c3c[nH]c4ncc(F)cc34)nc3sccc23)CC1. The number of thiophene rings is 1. The van der Waals surface area contributed by atoms with Gasteiger partial charge in [0.2, 0.25) is 0 Å². The summed E-state index contributed by atoms with van der Waals surface area (Å²) in [5, 5.41) is 16.9. The van der Waals surface area contributed by atoms with Gasteiger partial charge < -0.3 is 15.4 Å². The molecule has 4 aromatic heterocycles. The highest BCUT2D eigenvalue weighted by atomic mass is 32.1. The summed E-state index contributed by atoms with van der Waals surface area (Å²) in [5.74, 6) is 0.943. The Morgan fingerprint density at radius 1 is 1.19 bits per heavy atom. The normalized spacial score (nSPS) is 20.4. The van der Waals surface area contributed by atoms with Crippen molar-refractivity contribution in [1.82, 2.24) is 19.9 Å². The van der Waals surface area contributed by atoms with Gasteiger partial charge in [0.25, 0.3) is 0 Å². The summed E-state index contributed by atoms with van der Waals surface area (Å²) in [4.78, 5) is 17.5. The Kier molecular flexibility index (Phi) is 4.02. The van der Waals surface area contributed by atoms with E-state index >= 15 is 0 Å². The van der Waals surface area contributed by atoms with E-state index in [4.69, 9.17) is 4.98 Å². The van der Waals surface area contributed by atoms with Crippen LogP contribution in [0.5, 0.6) is 0 Å². The lowest BCUT2D eigenvalue weighted by atomic mass is 9.93. The number of anilines is 1. The van der Waals surface area contributed by atoms with Crippen molar-refractivity contribution in [2.75, 3.05) is 5.32 Å². The topological polar surface area (TPSA) is 86.7 Å². The second kappa shape index (κ2) is 6.54. The van der Waals surface area contributed by atoms with E-state index in [0.717, 1.165) is 47.3 Å². The average Bonchev–Trinajstić information content (AvgIpc) is 3.30. The first-order valence-corrected chi connectivity index (χ1v) is 9.88. The Balaban J connectivity index is 1.58. The molecule has 8 heteroatoms. The molecule has 0 spiro atoms. The Morgan fingerprint density at radius 3 is 2.89 bits per heavy atom. The maximum atomic E-state index is 13.7. The van der Waals surface area contributed by atoms with Crippen LogP contribution in [0.15, 0.2) is 29.9 Å². The summed E-state index contributed by atoms with van der Waals surface area (Å²) in [6, 6.07) is 3.74. The van der Waals surface area contributed by atoms with E-state index in [2.05, 4.69) is 20.3 Å². The molecular formula is C19H18FN5OS. The molecule has 138 valence electrons. The molecule has 0 atom stereocenters. The Morgan fingerprint density at radius 2 is 2.04 bits per heavy atom. The van der Waals surface area contributed by atoms with Crippen LogP contribution in [0, 0.1) is 5.82 Å². The van der Waals surface area contributed by atoms with E-state index in [0.29, 0.717) is 16.9 Å². The Labute approximate surface area is 158 Å². The van der Waals surface area contributed by atoms with E-state index in [-0.39, 0.29) is 18.0 Å². The van der Waals surface area contributed by atoms with E-state index in [9.17, 15) is 9.50 Å². The van der Waals surface area contributed by atoms with Gasteiger partial charge in [-0.05, 0) is 43.2 Å². The van der Waals surface area contributed by atoms with Gasteiger partial charge >= 0.3 is 0 Å². The molecular weight excluding hydrogens is 365 g/mol. The molecule has 1 fully saturated rings. The fourth-order valence-corrected chi connectivity index (χ4v) is 4.43. The van der Waals surface area contributed by atoms with Crippen LogP contribution >= 0.6 is 11.3 Å². The van der Waals surface area contributed by atoms with Gasteiger partial charge in [0, 0.05) is 23.2 Å². The zero-order valence-electron chi connectivity index (χ0n) is 14.4. The van der Waals surface area contributed by atoms with Crippen molar-refractivity contribution in [3.8, 4) is 11.4 Å². The smallest absolute Gasteiger partial charge is 0.165 e. The van der Waals surface area contributed by atoms with Crippen molar-refractivity contribution in [2.45, 2.75) is 37.8 Å². The molecule has 0 aromatic carbocycles. The van der Waals surface area contributed by atoms with Crippen LogP contribution in [0.4, 0.5) is 10.2 Å². The van der Waals surface area contributed by atoms with Crippen molar-refractivity contribution in [1.29, 1.82) is 0 Å². The lowest BCUT2D eigenvalue weighted by Gasteiger charge is -2.26. The van der Waals surface area contributed by atoms with E-state index in [1.165, 1.54) is 12.3 Å². The number of hydrogen-bond acceptors (Lipinski definition) is 6. The number of rotatable bonds is 3. The van der Waals surface area contributed by atoms with E-state index in [1.54, 1.807) is 17.5 Å². The number of aromatic amines is 1. The summed E-state index contributed by atoms with van der Waals surface area (Å²) >= 11 is 1.55. The maximum Gasteiger partial charge on any atom is 0.165 e. The number of halogens is 1. The molecule has 1 saturated carbocycles. The monoisotopic (exact) mass is 383 g/mol. The van der Waals surface area contributed by atoms with Crippen LogP contribution < -0.4 is 5.32 Å². The van der Waals surface area contributed by atoms with Crippen LogP contribution in [0.3, 0.4) is 0 Å². The summed E-state index contributed by atoms with van der Waals surface area (Å²) in [6.45, 7) is 0. The van der Waals surface area contributed by atoms with Gasteiger partial charge in [0.05, 0.1) is 17.7 Å². The van der Waals surface area contributed by atoms with E-state index < -0.39 is 0 Å². The van der Waals surface area contributed by atoms with Gasteiger partial charge in [-0.3, -0.25) is 0 Å². The van der Waals surface area contributed by atoms with Crippen LogP contribution in [0.1, 0.15) is 25.7 Å². The molecule has 6 nitrogen and oxygen atoms in total. The number of aliphatic hydroxyl groups is 1. The van der Waals surface area contributed by atoms with Crippen LogP contribution in [-0.2, 0) is 0 Å². The second-order valence-electron chi connectivity index (χ2n) is 6.94. The third-order valence-corrected chi connectivity index (χ3v) is 5.91. The van der Waals surface area contributed by atoms with Crippen molar-refractivity contribution in [3.63, 3.8) is 0 Å². The lowest BCUT2D eigenvalue weighted by Crippen LogP contribution is -2.28. The van der Waals surface area contributed by atoms with Crippen LogP contribution in [0.25, 0.3) is 32.6 Å². The van der Waals surface area contributed by atoms with Crippen LogP contribution in [0.2, 0.25) is 0 Å². The van der Waals surface area contributed by atoms with Crippen molar-refractivity contribution >= 4 is 38.4 Å². The molecule has 0 aliphatic heterocycles. The number of nitrogens with one attached hydrogen (secondary N) is 2. The van der Waals surface area contributed by atoms with E-state index in [1.807, 2.05) is 11.4 Å². The standard InChI is InChI=1S/C19H18FN5OS/c20-10-7-14-15(9-22-16(14)21-8-10)18-24-17(13-5-6-27-19(13)25-18)23-11-1-3-12(26)4-2-11/h5-9,11-12,26H,1-4H2,(H,21,22)(H,23,24,25). The van der Waals surface area contributed by atoms with Gasteiger partial charge in [0.1, 0.15) is 22.1 Å². The molecule has 1 aliphatic rings. The fourth-order valence-electron chi connectivity index (χ4n) is 3.66. The zero-order chi connectivity index (χ0) is 18.4. The summed E-state index contributed by atoms with van der Waals surface area (Å²) in [7, 11) is 0. The molecule has 1 aliphatic carbocycles. The van der Waals surface area contributed by atoms with Crippen molar-refractivity contribution < 1.29 is 9.50 Å². The predicted molar refractivity (Wildman–Crippen MR) is 104 cm³/mol. The minimum absolute atomic E-state index is 0.196. The average molecular weight is 383 g/mol. The van der Waals surface area contributed by atoms with Gasteiger partial charge in [-0.2, -0.15) is 0 Å². The molecule has 4 heterocycles. The molecule has 0 radical (unpaired) electrons. The van der Waals surface area contributed by atoms with Gasteiger partial charge in [-0.15, -0.1) is 11.3 Å². The molecule has 0 saturated heterocycles. The number of aliphatic hydroxyl groups excluding tert-OH is 1. The molecule has 0 unspecified atom stereocenters. The fraction of sp³-hybridized carbons (Fsp3) is 0.316. The van der Waals surface area contributed by atoms with Gasteiger partial charge in [0.15, 0.2) is 5.82 Å². The highest BCUT2D eigenvalue weighted by molar-refractivity contribution is 7.16. The Hall–Kier alpha value is -2.58. The summed E-state index contributed by atoms with van der Waals surface area (Å²) < 4.78 is 13.7. The van der Waals surface area contributed by atoms with Gasteiger partial charge in [-0.1, -0.05) is 0 Å². The molecule has 4 aromatic rings. The predicted octanol–water partition coefficient (Wildman–Crippen LogP) is 4.09. The number of H-pyrrole nitrogens is 1.